The molecule has 9 heteroatoms. The van der Waals surface area contributed by atoms with Crippen LogP contribution in [0.25, 0.3) is 0 Å². The highest BCUT2D eigenvalue weighted by Gasteiger charge is 2.30. The molecule has 2 aromatic rings. The zero-order chi connectivity index (χ0) is 18.4. The van der Waals surface area contributed by atoms with E-state index in [0.717, 1.165) is 0 Å². The van der Waals surface area contributed by atoms with Crippen molar-refractivity contribution in [2.75, 3.05) is 24.9 Å². The average molecular weight is 372 g/mol. The first-order valence-corrected chi connectivity index (χ1v) is 7.37. The second-order valence-electron chi connectivity index (χ2n) is 4.72. The first kappa shape index (κ1) is 18.7. The van der Waals surface area contributed by atoms with Gasteiger partial charge < -0.3 is 24.8 Å². The van der Waals surface area contributed by atoms with Gasteiger partial charge in [-0.25, -0.2) is 0 Å². The Morgan fingerprint density at radius 2 is 1.44 bits per heavy atom. The van der Waals surface area contributed by atoms with Crippen LogP contribution in [0.3, 0.4) is 0 Å². The number of benzene rings is 2. The van der Waals surface area contributed by atoms with Crippen molar-refractivity contribution >= 4 is 28.7 Å². The van der Waals surface area contributed by atoms with Crippen molar-refractivity contribution in [2.45, 2.75) is 6.36 Å². The summed E-state index contributed by atoms with van der Waals surface area (Å²) in [5.74, 6) is 0.799. The molecule has 2 N–H and O–H groups in total. The summed E-state index contributed by atoms with van der Waals surface area (Å²) in [5, 5.41) is 6.06. The molecular formula is C16H15F3N2O3S. The largest absolute Gasteiger partial charge is 0.573 e. The Labute approximate surface area is 147 Å². The third-order valence-electron chi connectivity index (χ3n) is 2.99. The normalized spacial score (nSPS) is 10.8. The molecule has 0 fully saturated rings. The minimum atomic E-state index is -4.72. The van der Waals surface area contributed by atoms with E-state index in [1.165, 1.54) is 38.5 Å². The van der Waals surface area contributed by atoms with Gasteiger partial charge in [-0.2, -0.15) is 0 Å². The summed E-state index contributed by atoms with van der Waals surface area (Å²) in [7, 11) is 3.05. The summed E-state index contributed by atoms with van der Waals surface area (Å²) >= 11 is 5.17. The molecule has 0 unspecified atom stereocenters. The van der Waals surface area contributed by atoms with Gasteiger partial charge in [0.05, 0.1) is 14.2 Å². The second kappa shape index (κ2) is 7.93. The van der Waals surface area contributed by atoms with Crippen LogP contribution < -0.4 is 24.8 Å². The highest BCUT2D eigenvalue weighted by Crippen LogP contribution is 2.30. The predicted octanol–water partition coefficient (Wildman–Crippen LogP) is 4.41. The molecule has 0 atom stereocenters. The maximum atomic E-state index is 12.1. The topological polar surface area (TPSA) is 51.8 Å². The molecule has 0 saturated carbocycles. The maximum Gasteiger partial charge on any atom is 0.573 e. The summed E-state index contributed by atoms with van der Waals surface area (Å²) in [5.41, 5.74) is 1.17. The molecule has 0 spiro atoms. The molecular weight excluding hydrogens is 357 g/mol. The highest BCUT2D eigenvalue weighted by molar-refractivity contribution is 7.80. The molecule has 0 aliphatic heterocycles. The van der Waals surface area contributed by atoms with E-state index in [4.69, 9.17) is 21.7 Å². The number of hydrogen-bond donors (Lipinski definition) is 2. The number of thiocarbonyl (C=S) groups is 1. The van der Waals surface area contributed by atoms with Crippen molar-refractivity contribution in [1.29, 1.82) is 0 Å². The molecule has 5 nitrogen and oxygen atoms in total. The van der Waals surface area contributed by atoms with E-state index in [0.29, 0.717) is 22.9 Å². The van der Waals surface area contributed by atoms with Crippen molar-refractivity contribution in [3.63, 3.8) is 0 Å². The Bertz CT molecular complexity index is 736. The van der Waals surface area contributed by atoms with Gasteiger partial charge in [0.15, 0.2) is 16.6 Å². The molecule has 134 valence electrons. The van der Waals surface area contributed by atoms with Crippen LogP contribution in [0.5, 0.6) is 17.2 Å². The number of alkyl halides is 3. The Hall–Kier alpha value is -2.68. The minimum Gasteiger partial charge on any atom is -0.493 e. The fraction of sp³-hybridized carbons (Fsp3) is 0.188. The van der Waals surface area contributed by atoms with Crippen molar-refractivity contribution < 1.29 is 27.4 Å². The number of methoxy groups -OCH3 is 2. The molecule has 0 bridgehead atoms. The molecule has 0 aliphatic carbocycles. The third-order valence-corrected chi connectivity index (χ3v) is 3.19. The Kier molecular flexibility index (Phi) is 5.92. The number of hydrogen-bond acceptors (Lipinski definition) is 4. The lowest BCUT2D eigenvalue weighted by Gasteiger charge is -2.14. The predicted molar refractivity (Wildman–Crippen MR) is 92.5 cm³/mol. The SMILES string of the molecule is COc1ccc(NC(=S)Nc2ccc(OC(F)(F)F)cc2)cc1OC. The summed E-state index contributed by atoms with van der Waals surface area (Å²) in [6.45, 7) is 0. The van der Waals surface area contributed by atoms with E-state index < -0.39 is 6.36 Å². The molecule has 0 saturated heterocycles. The first-order chi connectivity index (χ1) is 11.8. The van der Waals surface area contributed by atoms with Crippen LogP contribution in [0.2, 0.25) is 0 Å². The quantitative estimate of drug-likeness (QED) is 0.759. The molecule has 0 radical (unpaired) electrons. The zero-order valence-electron chi connectivity index (χ0n) is 13.3. The second-order valence-corrected chi connectivity index (χ2v) is 5.13. The van der Waals surface area contributed by atoms with Crippen LogP contribution in [-0.2, 0) is 0 Å². The van der Waals surface area contributed by atoms with Crippen LogP contribution in [0, 0.1) is 0 Å². The molecule has 0 aliphatic rings. The summed E-state index contributed by atoms with van der Waals surface area (Å²) < 4.78 is 50.5. The van der Waals surface area contributed by atoms with Crippen LogP contribution in [0.15, 0.2) is 42.5 Å². The fourth-order valence-electron chi connectivity index (χ4n) is 1.95. The van der Waals surface area contributed by atoms with Crippen LogP contribution in [0.4, 0.5) is 24.5 Å². The van der Waals surface area contributed by atoms with Gasteiger partial charge in [0.2, 0.25) is 0 Å². The van der Waals surface area contributed by atoms with E-state index >= 15 is 0 Å². The van der Waals surface area contributed by atoms with Gasteiger partial charge in [0, 0.05) is 17.4 Å². The number of halogens is 3. The fourth-order valence-corrected chi connectivity index (χ4v) is 2.18. The van der Waals surface area contributed by atoms with Gasteiger partial charge in [0.1, 0.15) is 5.75 Å². The number of rotatable bonds is 5. The smallest absolute Gasteiger partial charge is 0.493 e. The van der Waals surface area contributed by atoms with Crippen LogP contribution in [-0.4, -0.2) is 25.7 Å². The van der Waals surface area contributed by atoms with Gasteiger partial charge >= 0.3 is 6.36 Å². The number of ether oxygens (including phenoxy) is 3. The van der Waals surface area contributed by atoms with Crippen LogP contribution >= 0.6 is 12.2 Å². The molecule has 0 amide bonds. The number of anilines is 2. The van der Waals surface area contributed by atoms with Crippen molar-refractivity contribution in [2.24, 2.45) is 0 Å². The summed E-state index contributed by atoms with van der Waals surface area (Å²) in [6.07, 6.45) is -4.72. The Balaban J connectivity index is 1.98. The summed E-state index contributed by atoms with van der Waals surface area (Å²) in [4.78, 5) is 0. The van der Waals surface area contributed by atoms with Crippen molar-refractivity contribution in [3.8, 4) is 17.2 Å². The molecule has 2 aromatic carbocycles. The lowest BCUT2D eigenvalue weighted by Crippen LogP contribution is -2.19. The van der Waals surface area contributed by atoms with Gasteiger partial charge in [-0.3, -0.25) is 0 Å². The zero-order valence-corrected chi connectivity index (χ0v) is 14.1. The first-order valence-electron chi connectivity index (χ1n) is 6.96. The van der Waals surface area contributed by atoms with Gasteiger partial charge in [-0.05, 0) is 48.6 Å². The standard InChI is InChI=1S/C16H15F3N2O3S/c1-22-13-8-5-11(9-14(13)23-2)21-15(25)20-10-3-6-12(7-4-10)24-16(17,18)19/h3-9H,1-2H3,(H2,20,21,25). The van der Waals surface area contributed by atoms with Crippen LogP contribution in [0.1, 0.15) is 0 Å². The van der Waals surface area contributed by atoms with Gasteiger partial charge in [-0.15, -0.1) is 13.2 Å². The van der Waals surface area contributed by atoms with Gasteiger partial charge in [0.25, 0.3) is 0 Å². The third kappa shape index (κ3) is 5.71. The van der Waals surface area contributed by atoms with E-state index in [9.17, 15) is 13.2 Å². The lowest BCUT2D eigenvalue weighted by atomic mass is 10.2. The van der Waals surface area contributed by atoms with Gasteiger partial charge in [-0.1, -0.05) is 0 Å². The monoisotopic (exact) mass is 372 g/mol. The summed E-state index contributed by atoms with van der Waals surface area (Å²) in [6, 6.07) is 10.4. The highest BCUT2D eigenvalue weighted by atomic mass is 32.1. The van der Waals surface area contributed by atoms with Crippen molar-refractivity contribution in [1.82, 2.24) is 0 Å². The molecule has 0 aromatic heterocycles. The average Bonchev–Trinajstić information content (AvgIpc) is 2.55. The van der Waals surface area contributed by atoms with E-state index in [2.05, 4.69) is 15.4 Å². The van der Waals surface area contributed by atoms with Crippen molar-refractivity contribution in [3.05, 3.63) is 42.5 Å². The molecule has 25 heavy (non-hydrogen) atoms. The van der Waals surface area contributed by atoms with E-state index in [1.807, 2.05) is 0 Å². The Morgan fingerprint density at radius 1 is 0.880 bits per heavy atom. The van der Waals surface area contributed by atoms with E-state index in [-0.39, 0.29) is 10.9 Å². The van der Waals surface area contributed by atoms with E-state index in [1.54, 1.807) is 18.2 Å². The maximum absolute atomic E-state index is 12.1. The Morgan fingerprint density at radius 3 is 2.00 bits per heavy atom. The minimum absolute atomic E-state index is 0.261. The molecule has 2 rings (SSSR count). The molecule has 0 heterocycles. The number of nitrogens with one attached hydrogen (secondary N) is 2. The lowest BCUT2D eigenvalue weighted by molar-refractivity contribution is -0.274.